The molecule has 0 aromatic rings. The van der Waals surface area contributed by atoms with Gasteiger partial charge in [0.1, 0.15) is 20.3 Å². The number of nitrogens with zero attached hydrogens (tertiary/aromatic N) is 1. The second-order valence-corrected chi connectivity index (χ2v) is 3.31. The fraction of sp³-hybridized carbons (Fsp3) is 1.00. The van der Waals surface area contributed by atoms with Crippen LogP contribution in [0.2, 0.25) is 0 Å². The average Bonchev–Trinajstić information content (AvgIpc) is 2.24. The van der Waals surface area contributed by atoms with Crippen LogP contribution in [0.25, 0.3) is 0 Å². The van der Waals surface area contributed by atoms with Crippen LogP contribution in [-0.2, 0) is 18.9 Å². The van der Waals surface area contributed by atoms with Gasteiger partial charge in [0, 0.05) is 13.1 Å². The lowest BCUT2D eigenvalue weighted by atomic mass is 10.6. The van der Waals surface area contributed by atoms with Crippen molar-refractivity contribution in [2.24, 2.45) is 0 Å². The first-order valence-electron chi connectivity index (χ1n) is 5.10. The van der Waals surface area contributed by atoms with Crippen LogP contribution in [0, 0.1) is 0 Å². The van der Waals surface area contributed by atoms with Crippen molar-refractivity contribution >= 4 is 0 Å². The van der Waals surface area contributed by atoms with E-state index in [-0.39, 0.29) is 0 Å². The minimum atomic E-state index is 0.305. The van der Waals surface area contributed by atoms with Crippen LogP contribution in [0.3, 0.4) is 0 Å². The predicted molar refractivity (Wildman–Crippen MR) is 54.2 cm³/mol. The second kappa shape index (κ2) is 9.02. The maximum absolute atomic E-state index is 5.27. The Balaban J connectivity index is 2.10. The summed E-state index contributed by atoms with van der Waals surface area (Å²) in [5, 5.41) is 3.05. The van der Waals surface area contributed by atoms with Crippen LogP contribution < -0.4 is 5.32 Å². The van der Waals surface area contributed by atoms with E-state index in [9.17, 15) is 0 Å². The molecule has 0 aromatic carbocycles. The summed E-state index contributed by atoms with van der Waals surface area (Å²) in [6.45, 7) is 4.52. The van der Waals surface area contributed by atoms with E-state index in [1.807, 2.05) is 11.9 Å². The molecule has 1 aliphatic rings. The van der Waals surface area contributed by atoms with Gasteiger partial charge >= 0.3 is 0 Å². The molecule has 1 N–H and O–H groups in total. The molecule has 1 heterocycles. The van der Waals surface area contributed by atoms with Gasteiger partial charge in [-0.3, -0.25) is 10.2 Å². The summed E-state index contributed by atoms with van der Waals surface area (Å²) in [6, 6.07) is 0. The van der Waals surface area contributed by atoms with E-state index in [0.29, 0.717) is 40.3 Å². The van der Waals surface area contributed by atoms with Gasteiger partial charge in [0.15, 0.2) is 0 Å². The zero-order valence-corrected chi connectivity index (χ0v) is 9.24. The molecule has 15 heavy (non-hydrogen) atoms. The summed E-state index contributed by atoms with van der Waals surface area (Å²) >= 11 is 0. The number of likely N-dealkylation sites (N-methyl/N-ethyl adjacent to an activating group) is 1. The molecule has 1 saturated heterocycles. The first kappa shape index (κ1) is 12.8. The second-order valence-electron chi connectivity index (χ2n) is 3.31. The van der Waals surface area contributed by atoms with Crippen molar-refractivity contribution in [3.8, 4) is 0 Å². The normalized spacial score (nSPS) is 24.6. The summed E-state index contributed by atoms with van der Waals surface area (Å²) in [4.78, 5) is 2.02. The number of nitrogens with one attached hydrogen (secondary N) is 1. The Morgan fingerprint density at radius 2 is 1.80 bits per heavy atom. The highest BCUT2D eigenvalue weighted by Gasteiger charge is 1.99. The monoisotopic (exact) mass is 220 g/mol. The van der Waals surface area contributed by atoms with E-state index in [4.69, 9.17) is 18.9 Å². The molecule has 0 amide bonds. The van der Waals surface area contributed by atoms with Gasteiger partial charge in [0.05, 0.1) is 19.9 Å². The molecule has 0 bridgehead atoms. The van der Waals surface area contributed by atoms with Crippen molar-refractivity contribution in [2.45, 2.75) is 0 Å². The van der Waals surface area contributed by atoms with Crippen LogP contribution in [0.1, 0.15) is 0 Å². The van der Waals surface area contributed by atoms with E-state index >= 15 is 0 Å². The van der Waals surface area contributed by atoms with E-state index in [2.05, 4.69) is 5.32 Å². The first-order chi connectivity index (χ1) is 7.39. The van der Waals surface area contributed by atoms with Gasteiger partial charge in [-0.05, 0) is 7.05 Å². The van der Waals surface area contributed by atoms with Crippen molar-refractivity contribution in [3.05, 3.63) is 0 Å². The highest BCUT2D eigenvalue weighted by molar-refractivity contribution is 4.43. The Labute approximate surface area is 90.4 Å². The van der Waals surface area contributed by atoms with E-state index < -0.39 is 0 Å². The number of ether oxygens (including phenoxy) is 4. The third kappa shape index (κ3) is 7.66. The Kier molecular flexibility index (Phi) is 7.71. The lowest BCUT2D eigenvalue weighted by molar-refractivity contribution is -0.105. The molecule has 1 rings (SSSR count). The van der Waals surface area contributed by atoms with Crippen molar-refractivity contribution in [1.82, 2.24) is 10.2 Å². The van der Waals surface area contributed by atoms with Crippen LogP contribution in [-0.4, -0.2) is 65.3 Å². The molecule has 90 valence electrons. The van der Waals surface area contributed by atoms with E-state index in [1.54, 1.807) is 0 Å². The third-order valence-corrected chi connectivity index (χ3v) is 1.89. The number of hydrogen-bond acceptors (Lipinski definition) is 6. The smallest absolute Gasteiger partial charge is 0.150 e. The van der Waals surface area contributed by atoms with Gasteiger partial charge in [-0.2, -0.15) is 0 Å². The zero-order valence-electron chi connectivity index (χ0n) is 9.24. The summed E-state index contributed by atoms with van der Waals surface area (Å²) < 4.78 is 20.9. The van der Waals surface area contributed by atoms with E-state index in [0.717, 1.165) is 13.1 Å². The van der Waals surface area contributed by atoms with Crippen molar-refractivity contribution in [1.29, 1.82) is 0 Å². The lowest BCUT2D eigenvalue weighted by Crippen LogP contribution is -2.29. The molecule has 1 aliphatic heterocycles. The van der Waals surface area contributed by atoms with Crippen molar-refractivity contribution in [2.75, 3.05) is 60.4 Å². The van der Waals surface area contributed by atoms with Gasteiger partial charge in [-0.25, -0.2) is 0 Å². The summed E-state index contributed by atoms with van der Waals surface area (Å²) in [5.74, 6) is 0. The molecule has 6 heteroatoms. The van der Waals surface area contributed by atoms with Crippen LogP contribution in [0.4, 0.5) is 0 Å². The zero-order chi connectivity index (χ0) is 10.8. The maximum Gasteiger partial charge on any atom is 0.150 e. The summed E-state index contributed by atoms with van der Waals surface area (Å²) in [6.07, 6.45) is 0. The predicted octanol–water partition coefficient (Wildman–Crippen LogP) is -0.582. The molecular weight excluding hydrogens is 200 g/mol. The average molecular weight is 220 g/mol. The quantitative estimate of drug-likeness (QED) is 0.589. The summed E-state index contributed by atoms with van der Waals surface area (Å²) in [5.41, 5.74) is 0. The van der Waals surface area contributed by atoms with Gasteiger partial charge < -0.3 is 18.9 Å². The fourth-order valence-electron chi connectivity index (χ4n) is 1.04. The molecule has 0 unspecified atom stereocenters. The molecule has 1 fully saturated rings. The van der Waals surface area contributed by atoms with Crippen LogP contribution in [0.15, 0.2) is 0 Å². The van der Waals surface area contributed by atoms with Gasteiger partial charge in [-0.1, -0.05) is 0 Å². The van der Waals surface area contributed by atoms with Crippen LogP contribution >= 0.6 is 0 Å². The summed E-state index contributed by atoms with van der Waals surface area (Å²) in [7, 11) is 1.97. The molecule has 0 aliphatic carbocycles. The Morgan fingerprint density at radius 3 is 2.73 bits per heavy atom. The largest absolute Gasteiger partial charge is 0.354 e. The molecule has 6 nitrogen and oxygen atoms in total. The molecule has 0 radical (unpaired) electrons. The highest BCUT2D eigenvalue weighted by atomic mass is 16.7. The highest BCUT2D eigenvalue weighted by Crippen LogP contribution is 1.87. The molecule has 0 aromatic heterocycles. The fourth-order valence-corrected chi connectivity index (χ4v) is 1.04. The first-order valence-corrected chi connectivity index (χ1v) is 5.10. The number of rotatable bonds is 0. The minimum absolute atomic E-state index is 0.305. The Hall–Kier alpha value is -0.240. The van der Waals surface area contributed by atoms with Gasteiger partial charge in [0.2, 0.25) is 0 Å². The SMILES string of the molecule is CN1CCOCOCCNCOCOC1. The Morgan fingerprint density at radius 1 is 1.00 bits per heavy atom. The van der Waals surface area contributed by atoms with Gasteiger partial charge in [0.25, 0.3) is 0 Å². The minimum Gasteiger partial charge on any atom is -0.354 e. The standard InChI is InChI=1S/C9H20N2O4/c1-11-3-5-13-8-12-4-2-10-6-14-9-15-7-11/h10H,2-9H2,1H3. The van der Waals surface area contributed by atoms with Crippen molar-refractivity contribution in [3.63, 3.8) is 0 Å². The van der Waals surface area contributed by atoms with Crippen LogP contribution in [0.5, 0.6) is 0 Å². The van der Waals surface area contributed by atoms with E-state index in [1.165, 1.54) is 0 Å². The van der Waals surface area contributed by atoms with Gasteiger partial charge in [-0.15, -0.1) is 0 Å². The molecule has 0 saturated carbocycles. The number of hydrogen-bond donors (Lipinski definition) is 1. The topological polar surface area (TPSA) is 52.2 Å². The third-order valence-electron chi connectivity index (χ3n) is 1.89. The molecule has 0 spiro atoms. The molecule has 0 atom stereocenters. The lowest BCUT2D eigenvalue weighted by Gasteiger charge is -2.17. The molecular formula is C9H20N2O4. The van der Waals surface area contributed by atoms with Crippen molar-refractivity contribution < 1.29 is 18.9 Å². The Bertz CT molecular complexity index is 134. The maximum atomic E-state index is 5.27.